The lowest BCUT2D eigenvalue weighted by Crippen LogP contribution is -2.38. The molecule has 1 N–H and O–H groups in total. The van der Waals surface area contributed by atoms with E-state index in [0.29, 0.717) is 6.42 Å². The highest BCUT2D eigenvalue weighted by Crippen LogP contribution is 2.11. The van der Waals surface area contributed by atoms with Crippen LogP contribution in [0.3, 0.4) is 0 Å². The average molecular weight is 371 g/mol. The number of rotatable bonds is 10. The summed E-state index contributed by atoms with van der Waals surface area (Å²) in [5.41, 5.74) is 0.863. The molecule has 25 heavy (non-hydrogen) atoms. The molecule has 1 aromatic rings. The Morgan fingerprint density at radius 1 is 1.12 bits per heavy atom. The van der Waals surface area contributed by atoms with Crippen LogP contribution in [-0.2, 0) is 35.0 Å². The molecule has 0 aliphatic heterocycles. The Balaban J connectivity index is 2.63. The molecule has 1 amide bonds. The van der Waals surface area contributed by atoms with E-state index in [-0.39, 0.29) is 25.7 Å². The molecule has 140 valence electrons. The largest absolute Gasteiger partial charge is 0.464 e. The van der Waals surface area contributed by atoms with E-state index in [1.165, 1.54) is 0 Å². The first-order valence-corrected chi connectivity index (χ1v) is 9.80. The van der Waals surface area contributed by atoms with Crippen LogP contribution in [0.2, 0.25) is 0 Å². The molecule has 0 aliphatic carbocycles. The van der Waals surface area contributed by atoms with Gasteiger partial charge in [0.05, 0.1) is 25.4 Å². The van der Waals surface area contributed by atoms with Gasteiger partial charge in [-0.1, -0.05) is 44.2 Å². The van der Waals surface area contributed by atoms with Gasteiger partial charge in [0.15, 0.2) is 0 Å². The van der Waals surface area contributed by atoms with Gasteiger partial charge in [-0.2, -0.15) is 8.42 Å². The number of carbonyl (C=O) groups is 2. The van der Waals surface area contributed by atoms with Crippen LogP contribution >= 0.6 is 0 Å². The second-order valence-corrected chi connectivity index (χ2v) is 7.81. The van der Waals surface area contributed by atoms with Crippen LogP contribution in [0.5, 0.6) is 0 Å². The smallest absolute Gasteiger partial charge is 0.325 e. The van der Waals surface area contributed by atoms with Crippen molar-refractivity contribution in [2.45, 2.75) is 20.3 Å². The first-order valence-electron chi connectivity index (χ1n) is 7.99. The number of nitrogens with one attached hydrogen (secondary N) is 1. The van der Waals surface area contributed by atoms with Crippen molar-refractivity contribution in [1.82, 2.24) is 5.32 Å². The van der Waals surface area contributed by atoms with Gasteiger partial charge in [0, 0.05) is 0 Å². The van der Waals surface area contributed by atoms with Crippen LogP contribution < -0.4 is 5.32 Å². The Bertz CT molecular complexity index is 657. The molecular formula is C17H25NO6S. The molecule has 8 heteroatoms. The van der Waals surface area contributed by atoms with Crippen LogP contribution in [0.15, 0.2) is 30.3 Å². The van der Waals surface area contributed by atoms with Crippen molar-refractivity contribution < 1.29 is 26.9 Å². The Morgan fingerprint density at radius 3 is 2.32 bits per heavy atom. The summed E-state index contributed by atoms with van der Waals surface area (Å²) in [6.07, 6.45) is 1.22. The van der Waals surface area contributed by atoms with E-state index in [1.54, 1.807) is 0 Å². The molecule has 1 atom stereocenters. The minimum atomic E-state index is -3.67. The molecule has 0 fully saturated rings. The molecular weight excluding hydrogens is 346 g/mol. The van der Waals surface area contributed by atoms with Crippen LogP contribution in [0.4, 0.5) is 0 Å². The molecule has 0 saturated carbocycles. The first kappa shape index (κ1) is 21.1. The number of esters is 1. The predicted molar refractivity (Wildman–Crippen MR) is 93.2 cm³/mol. The van der Waals surface area contributed by atoms with E-state index < -0.39 is 27.9 Å². The third-order valence-corrected chi connectivity index (χ3v) is 3.73. The minimum absolute atomic E-state index is 0.202. The van der Waals surface area contributed by atoms with Crippen LogP contribution in [-0.4, -0.2) is 46.3 Å². The maximum absolute atomic E-state index is 12.3. The van der Waals surface area contributed by atoms with Crippen LogP contribution in [0.25, 0.3) is 0 Å². The monoisotopic (exact) mass is 371 g/mol. The minimum Gasteiger partial charge on any atom is -0.464 e. The van der Waals surface area contributed by atoms with Crippen LogP contribution in [0.1, 0.15) is 19.4 Å². The zero-order valence-corrected chi connectivity index (χ0v) is 15.5. The Kier molecular flexibility index (Phi) is 8.57. The fraction of sp³-hybridized carbons (Fsp3) is 0.529. The lowest BCUT2D eigenvalue weighted by molar-refractivity contribution is -0.145. The topological polar surface area (TPSA) is 98.8 Å². The van der Waals surface area contributed by atoms with Crippen molar-refractivity contribution in [3.8, 4) is 0 Å². The molecule has 1 aromatic carbocycles. The maximum atomic E-state index is 12.3. The summed E-state index contributed by atoms with van der Waals surface area (Å²) in [4.78, 5) is 23.9. The molecule has 0 aliphatic rings. The zero-order valence-electron chi connectivity index (χ0n) is 14.7. The Labute approximate surface area is 148 Å². The van der Waals surface area contributed by atoms with E-state index >= 15 is 0 Å². The van der Waals surface area contributed by atoms with Crippen molar-refractivity contribution in [2.75, 3.05) is 26.0 Å². The number of amides is 1. The summed E-state index contributed by atoms with van der Waals surface area (Å²) in [7, 11) is -3.67. The third-order valence-electron chi connectivity index (χ3n) is 3.16. The summed E-state index contributed by atoms with van der Waals surface area (Å²) in [5.74, 6) is -1.54. The molecule has 1 unspecified atom stereocenters. The highest BCUT2D eigenvalue weighted by atomic mass is 32.2. The van der Waals surface area contributed by atoms with Crippen molar-refractivity contribution in [3.63, 3.8) is 0 Å². The predicted octanol–water partition coefficient (Wildman–Crippen LogP) is 1.14. The van der Waals surface area contributed by atoms with Gasteiger partial charge in [0.1, 0.15) is 6.54 Å². The SMILES string of the molecule is CC(C)COC(=O)CNC(=O)C(COS(C)(=O)=O)Cc1ccccc1. The number of hydrogen-bond donors (Lipinski definition) is 1. The van der Waals surface area contributed by atoms with E-state index in [9.17, 15) is 18.0 Å². The molecule has 0 radical (unpaired) electrons. The highest BCUT2D eigenvalue weighted by Gasteiger charge is 2.22. The van der Waals surface area contributed by atoms with Crippen molar-refractivity contribution in [2.24, 2.45) is 11.8 Å². The zero-order chi connectivity index (χ0) is 18.9. The highest BCUT2D eigenvalue weighted by molar-refractivity contribution is 7.85. The molecule has 0 saturated heterocycles. The van der Waals surface area contributed by atoms with Crippen molar-refractivity contribution >= 4 is 22.0 Å². The number of ether oxygens (including phenoxy) is 1. The summed E-state index contributed by atoms with van der Waals surface area (Å²) < 4.78 is 32.1. The van der Waals surface area contributed by atoms with E-state index in [0.717, 1.165) is 11.8 Å². The molecule has 1 rings (SSSR count). The number of carbonyl (C=O) groups excluding carboxylic acids is 2. The second kappa shape index (κ2) is 10.1. The average Bonchev–Trinajstić information content (AvgIpc) is 2.54. The second-order valence-electron chi connectivity index (χ2n) is 6.17. The van der Waals surface area contributed by atoms with Gasteiger partial charge in [-0.3, -0.25) is 13.8 Å². The van der Waals surface area contributed by atoms with Gasteiger partial charge in [-0.05, 0) is 17.9 Å². The first-order chi connectivity index (χ1) is 11.7. The molecule has 0 spiro atoms. The van der Waals surface area contributed by atoms with E-state index in [1.807, 2.05) is 44.2 Å². The fourth-order valence-corrected chi connectivity index (χ4v) is 2.36. The summed E-state index contributed by atoms with van der Waals surface area (Å²) in [6.45, 7) is 3.53. The van der Waals surface area contributed by atoms with Gasteiger partial charge >= 0.3 is 5.97 Å². The Hall–Kier alpha value is -1.93. The van der Waals surface area contributed by atoms with Gasteiger partial charge < -0.3 is 10.1 Å². The normalized spacial score (nSPS) is 12.6. The van der Waals surface area contributed by atoms with Gasteiger partial charge in [-0.25, -0.2) is 0 Å². The molecule has 0 bridgehead atoms. The standard InChI is InChI=1S/C17H25NO6S/c1-13(2)11-23-16(19)10-18-17(20)15(12-24-25(3,21)22)9-14-7-5-4-6-8-14/h4-8,13,15H,9-12H2,1-3H3,(H,18,20). The maximum Gasteiger partial charge on any atom is 0.325 e. The summed E-state index contributed by atoms with van der Waals surface area (Å²) in [5, 5.41) is 2.47. The lowest BCUT2D eigenvalue weighted by atomic mass is 9.99. The molecule has 7 nitrogen and oxygen atoms in total. The molecule has 0 heterocycles. The number of hydrogen-bond acceptors (Lipinski definition) is 6. The van der Waals surface area contributed by atoms with Crippen molar-refractivity contribution in [1.29, 1.82) is 0 Å². The van der Waals surface area contributed by atoms with E-state index in [2.05, 4.69) is 5.32 Å². The quantitative estimate of drug-likeness (QED) is 0.489. The summed E-state index contributed by atoms with van der Waals surface area (Å²) >= 11 is 0. The van der Waals surface area contributed by atoms with Crippen molar-refractivity contribution in [3.05, 3.63) is 35.9 Å². The summed E-state index contributed by atoms with van der Waals surface area (Å²) in [6, 6.07) is 9.15. The van der Waals surface area contributed by atoms with Gasteiger partial charge in [0.2, 0.25) is 5.91 Å². The van der Waals surface area contributed by atoms with E-state index in [4.69, 9.17) is 8.92 Å². The fourth-order valence-electron chi connectivity index (χ4n) is 1.95. The molecule has 0 aromatic heterocycles. The lowest BCUT2D eigenvalue weighted by Gasteiger charge is -2.16. The van der Waals surface area contributed by atoms with Gasteiger partial charge in [0.25, 0.3) is 10.1 Å². The third kappa shape index (κ3) is 9.83. The van der Waals surface area contributed by atoms with Crippen LogP contribution in [0, 0.1) is 11.8 Å². The Morgan fingerprint density at radius 2 is 1.76 bits per heavy atom. The number of benzene rings is 1. The van der Waals surface area contributed by atoms with Gasteiger partial charge in [-0.15, -0.1) is 0 Å².